The average Bonchev–Trinajstić information content (AvgIpc) is 2.82. The molecule has 2 aromatic rings. The first-order chi connectivity index (χ1) is 9.54. The number of anilines is 2. The Balaban J connectivity index is 1.83. The minimum absolute atomic E-state index is 0.130. The third-order valence-electron chi connectivity index (χ3n) is 2.80. The lowest BCUT2D eigenvalue weighted by Gasteiger charge is -2.08. The van der Waals surface area contributed by atoms with Crippen LogP contribution in [0.25, 0.3) is 0 Å². The molecule has 1 aromatic carbocycles. The molecule has 5 nitrogen and oxygen atoms in total. The number of carbonyl (C=O) groups is 1. The van der Waals surface area contributed by atoms with E-state index >= 15 is 0 Å². The van der Waals surface area contributed by atoms with Gasteiger partial charge in [0, 0.05) is 5.69 Å². The van der Waals surface area contributed by atoms with Gasteiger partial charge in [0.1, 0.15) is 5.01 Å². The van der Waals surface area contributed by atoms with Crippen LogP contribution < -0.4 is 10.6 Å². The van der Waals surface area contributed by atoms with Crippen LogP contribution in [0.3, 0.4) is 0 Å². The van der Waals surface area contributed by atoms with E-state index in [1.807, 2.05) is 19.1 Å². The van der Waals surface area contributed by atoms with Gasteiger partial charge in [0.25, 0.3) is 0 Å². The topological polar surface area (TPSA) is 66.9 Å². The highest BCUT2D eigenvalue weighted by molar-refractivity contribution is 7.15. The molecule has 0 aliphatic rings. The summed E-state index contributed by atoms with van der Waals surface area (Å²) in [6.07, 6.45) is 0. The summed E-state index contributed by atoms with van der Waals surface area (Å²) in [6, 6.07) is 8.10. The normalized spacial score (nSPS) is 10.6. The molecule has 2 N–H and O–H groups in total. The van der Waals surface area contributed by atoms with Gasteiger partial charge in [0.05, 0.1) is 6.54 Å². The van der Waals surface area contributed by atoms with Gasteiger partial charge in [-0.25, -0.2) is 0 Å². The Morgan fingerprint density at radius 1 is 1.25 bits per heavy atom. The first kappa shape index (κ1) is 14.5. The van der Waals surface area contributed by atoms with Gasteiger partial charge in [-0.05, 0) is 30.5 Å². The van der Waals surface area contributed by atoms with Gasteiger partial charge in [-0.3, -0.25) is 10.1 Å². The minimum Gasteiger partial charge on any atom is -0.376 e. The van der Waals surface area contributed by atoms with Crippen LogP contribution in [0.5, 0.6) is 0 Å². The Hall–Kier alpha value is -1.95. The van der Waals surface area contributed by atoms with Crippen molar-refractivity contribution < 1.29 is 4.79 Å². The quantitative estimate of drug-likeness (QED) is 0.888. The largest absolute Gasteiger partial charge is 0.376 e. The molecule has 0 fully saturated rings. The molecule has 0 spiro atoms. The zero-order valence-corrected chi connectivity index (χ0v) is 12.6. The lowest BCUT2D eigenvalue weighted by molar-refractivity contribution is -0.114. The fourth-order valence-corrected chi connectivity index (χ4v) is 2.29. The summed E-state index contributed by atoms with van der Waals surface area (Å²) in [7, 11) is 0. The van der Waals surface area contributed by atoms with Crippen molar-refractivity contribution in [2.24, 2.45) is 0 Å². The Bertz CT molecular complexity index is 577. The molecule has 2 rings (SSSR count). The van der Waals surface area contributed by atoms with Crippen molar-refractivity contribution in [3.05, 3.63) is 34.8 Å². The number of carbonyl (C=O) groups excluding carboxylic acids is 1. The van der Waals surface area contributed by atoms with Gasteiger partial charge in [-0.15, -0.1) is 10.2 Å². The highest BCUT2D eigenvalue weighted by atomic mass is 32.1. The zero-order valence-electron chi connectivity index (χ0n) is 11.8. The van der Waals surface area contributed by atoms with Gasteiger partial charge in [-0.2, -0.15) is 0 Å². The average molecular weight is 290 g/mol. The van der Waals surface area contributed by atoms with Crippen LogP contribution in [0.15, 0.2) is 24.3 Å². The molecule has 1 amide bonds. The molecule has 0 bridgehead atoms. The zero-order chi connectivity index (χ0) is 14.5. The van der Waals surface area contributed by atoms with Crippen LogP contribution in [0, 0.1) is 6.92 Å². The number of amides is 1. The first-order valence-electron chi connectivity index (χ1n) is 6.48. The van der Waals surface area contributed by atoms with Gasteiger partial charge in [0.2, 0.25) is 11.0 Å². The van der Waals surface area contributed by atoms with E-state index in [0.29, 0.717) is 11.0 Å². The number of aromatic nitrogens is 2. The molecule has 6 heteroatoms. The molecular weight excluding hydrogens is 272 g/mol. The first-order valence-corrected chi connectivity index (χ1v) is 7.30. The second-order valence-electron chi connectivity index (χ2n) is 4.80. The summed E-state index contributed by atoms with van der Waals surface area (Å²) in [5.74, 6) is 0.377. The molecule has 0 unspecified atom stereocenters. The van der Waals surface area contributed by atoms with Gasteiger partial charge in [0.15, 0.2) is 0 Å². The van der Waals surface area contributed by atoms with Crippen molar-refractivity contribution >= 4 is 28.1 Å². The van der Waals surface area contributed by atoms with Crippen LogP contribution in [0.2, 0.25) is 0 Å². The summed E-state index contributed by atoms with van der Waals surface area (Å²) < 4.78 is 0. The van der Waals surface area contributed by atoms with E-state index in [-0.39, 0.29) is 12.5 Å². The maximum absolute atomic E-state index is 11.7. The molecule has 0 saturated heterocycles. The summed E-state index contributed by atoms with van der Waals surface area (Å²) in [5.41, 5.74) is 2.21. The van der Waals surface area contributed by atoms with E-state index in [4.69, 9.17) is 0 Å². The summed E-state index contributed by atoms with van der Waals surface area (Å²) in [6.45, 7) is 6.36. The van der Waals surface area contributed by atoms with E-state index in [1.165, 1.54) is 16.9 Å². The number of hydrogen-bond acceptors (Lipinski definition) is 5. The van der Waals surface area contributed by atoms with E-state index in [2.05, 4.69) is 46.8 Å². The third-order valence-corrected chi connectivity index (χ3v) is 3.56. The number of benzene rings is 1. The summed E-state index contributed by atoms with van der Waals surface area (Å²) in [5, 5.41) is 14.8. The van der Waals surface area contributed by atoms with Gasteiger partial charge < -0.3 is 5.32 Å². The molecule has 0 aliphatic carbocycles. The predicted molar refractivity (Wildman–Crippen MR) is 82.3 cm³/mol. The Morgan fingerprint density at radius 2 is 1.95 bits per heavy atom. The number of hydrogen-bond donors (Lipinski definition) is 2. The summed E-state index contributed by atoms with van der Waals surface area (Å²) >= 11 is 1.36. The number of nitrogens with one attached hydrogen (secondary N) is 2. The van der Waals surface area contributed by atoms with Crippen LogP contribution in [-0.4, -0.2) is 22.6 Å². The molecular formula is C14H18N4OS. The fraction of sp³-hybridized carbons (Fsp3) is 0.357. The minimum atomic E-state index is -0.130. The van der Waals surface area contributed by atoms with Crippen LogP contribution in [0.1, 0.15) is 30.3 Å². The third kappa shape index (κ3) is 4.03. The second kappa shape index (κ2) is 6.47. The summed E-state index contributed by atoms with van der Waals surface area (Å²) in [4.78, 5) is 11.7. The molecule has 1 heterocycles. The molecule has 20 heavy (non-hydrogen) atoms. The maximum Gasteiger partial charge on any atom is 0.245 e. The Labute approximate surface area is 122 Å². The van der Waals surface area contributed by atoms with Gasteiger partial charge in [-0.1, -0.05) is 37.3 Å². The van der Waals surface area contributed by atoms with E-state index in [0.717, 1.165) is 10.7 Å². The van der Waals surface area contributed by atoms with Crippen molar-refractivity contribution in [2.75, 3.05) is 17.2 Å². The monoisotopic (exact) mass is 290 g/mol. The Morgan fingerprint density at radius 3 is 2.50 bits per heavy atom. The van der Waals surface area contributed by atoms with Crippen molar-refractivity contribution in [3.63, 3.8) is 0 Å². The molecule has 0 aliphatic heterocycles. The smallest absolute Gasteiger partial charge is 0.245 e. The van der Waals surface area contributed by atoms with E-state index in [1.54, 1.807) is 0 Å². The predicted octanol–water partition coefficient (Wildman–Crippen LogP) is 3.02. The van der Waals surface area contributed by atoms with Crippen molar-refractivity contribution in [1.82, 2.24) is 10.2 Å². The molecule has 0 radical (unpaired) electrons. The lowest BCUT2D eigenvalue weighted by atomic mass is 10.0. The molecule has 1 aromatic heterocycles. The SMILES string of the molecule is Cc1nnc(NC(=O)CNc2ccc(C(C)C)cc2)s1. The van der Waals surface area contributed by atoms with Gasteiger partial charge >= 0.3 is 0 Å². The molecule has 0 atom stereocenters. The number of nitrogens with zero attached hydrogens (tertiary/aromatic N) is 2. The standard InChI is InChI=1S/C14H18N4OS/c1-9(2)11-4-6-12(7-5-11)15-8-13(19)16-14-18-17-10(3)20-14/h4-7,9,15H,8H2,1-3H3,(H,16,18,19). The van der Waals surface area contributed by atoms with E-state index < -0.39 is 0 Å². The maximum atomic E-state index is 11.7. The highest BCUT2D eigenvalue weighted by Crippen LogP contribution is 2.17. The van der Waals surface area contributed by atoms with Crippen LogP contribution in [0.4, 0.5) is 10.8 Å². The fourth-order valence-electron chi connectivity index (χ4n) is 1.68. The highest BCUT2D eigenvalue weighted by Gasteiger charge is 2.06. The van der Waals surface area contributed by atoms with Crippen molar-refractivity contribution in [1.29, 1.82) is 0 Å². The van der Waals surface area contributed by atoms with E-state index in [9.17, 15) is 4.79 Å². The lowest BCUT2D eigenvalue weighted by Crippen LogP contribution is -2.21. The van der Waals surface area contributed by atoms with Crippen molar-refractivity contribution in [3.8, 4) is 0 Å². The van der Waals surface area contributed by atoms with Crippen molar-refractivity contribution in [2.45, 2.75) is 26.7 Å². The number of rotatable bonds is 5. The Kier molecular flexibility index (Phi) is 4.68. The van der Waals surface area contributed by atoms with Crippen LogP contribution >= 0.6 is 11.3 Å². The number of aryl methyl sites for hydroxylation is 1. The molecule has 106 valence electrons. The molecule has 0 saturated carbocycles. The van der Waals surface area contributed by atoms with Crippen LogP contribution in [-0.2, 0) is 4.79 Å². The second-order valence-corrected chi connectivity index (χ2v) is 5.99.